The van der Waals surface area contributed by atoms with Crippen molar-refractivity contribution in [2.24, 2.45) is 7.05 Å². The monoisotopic (exact) mass is 334 g/mol. The predicted molar refractivity (Wildman–Crippen MR) is 79.8 cm³/mol. The Morgan fingerprint density at radius 1 is 1.00 bits per heavy atom. The van der Waals surface area contributed by atoms with Crippen LogP contribution >= 0.6 is 0 Å². The normalized spacial score (nSPS) is 11.5. The molecule has 0 bridgehead atoms. The Hall–Kier alpha value is -1.86. The lowest BCUT2D eigenvalue weighted by molar-refractivity contribution is 0.144. The maximum atomic E-state index is 12.3. The van der Waals surface area contributed by atoms with Gasteiger partial charge < -0.3 is 0 Å². The smallest absolute Gasteiger partial charge is 0.272 e. The van der Waals surface area contributed by atoms with E-state index in [4.69, 9.17) is 0 Å². The second kappa shape index (κ2) is 8.12. The number of alkyl halides is 4. The minimum atomic E-state index is -2.46. The highest BCUT2D eigenvalue weighted by Crippen LogP contribution is 2.27. The second-order valence-corrected chi connectivity index (χ2v) is 5.68. The van der Waals surface area contributed by atoms with Gasteiger partial charge in [-0.2, -0.15) is 10.2 Å². The highest BCUT2D eigenvalue weighted by Gasteiger charge is 2.19. The van der Waals surface area contributed by atoms with Gasteiger partial charge in [0.2, 0.25) is 0 Å². The topological polar surface area (TPSA) is 35.6 Å². The van der Waals surface area contributed by atoms with Crippen LogP contribution in [0.3, 0.4) is 0 Å². The van der Waals surface area contributed by atoms with E-state index in [0.29, 0.717) is 5.69 Å². The molecule has 0 amide bonds. The predicted octanol–water partition coefficient (Wildman–Crippen LogP) is 4.88. The van der Waals surface area contributed by atoms with E-state index in [0.717, 1.165) is 0 Å². The standard InChI is InChI=1S/C8H12F2N2.C7H10F2N2/c1-5(2)7-6(8(9)10)4-11-12(7)3;1-5(2)11-4-3-6(10-11)7(8)9/h4-5,8H,1-3H3;3-5,7H,1-2H3. The number of hydrogen-bond acceptors (Lipinski definition) is 2. The van der Waals surface area contributed by atoms with E-state index < -0.39 is 12.9 Å². The van der Waals surface area contributed by atoms with Crippen molar-refractivity contribution in [3.05, 3.63) is 35.4 Å². The lowest BCUT2D eigenvalue weighted by Crippen LogP contribution is -2.02. The number of aryl methyl sites for hydroxylation is 1. The fourth-order valence-corrected chi connectivity index (χ4v) is 2.10. The number of halogens is 4. The molecule has 23 heavy (non-hydrogen) atoms. The van der Waals surface area contributed by atoms with Crippen molar-refractivity contribution < 1.29 is 17.6 Å². The van der Waals surface area contributed by atoms with E-state index in [2.05, 4.69) is 10.2 Å². The molecule has 0 N–H and O–H groups in total. The maximum Gasteiger partial charge on any atom is 0.282 e. The van der Waals surface area contributed by atoms with Crippen LogP contribution in [0.25, 0.3) is 0 Å². The Balaban J connectivity index is 0.000000231. The Kier molecular flexibility index (Phi) is 6.78. The lowest BCUT2D eigenvalue weighted by Gasteiger charge is -2.08. The van der Waals surface area contributed by atoms with Gasteiger partial charge in [0.05, 0.1) is 11.8 Å². The van der Waals surface area contributed by atoms with Crippen LogP contribution in [0.4, 0.5) is 17.6 Å². The molecule has 4 nitrogen and oxygen atoms in total. The summed E-state index contributed by atoms with van der Waals surface area (Å²) in [5.41, 5.74) is 0.510. The zero-order valence-electron chi connectivity index (χ0n) is 13.8. The number of rotatable bonds is 4. The number of hydrogen-bond donors (Lipinski definition) is 0. The summed E-state index contributed by atoms with van der Waals surface area (Å²) in [4.78, 5) is 0. The van der Waals surface area contributed by atoms with Crippen molar-refractivity contribution in [2.45, 2.75) is 52.5 Å². The molecule has 0 radical (unpaired) electrons. The van der Waals surface area contributed by atoms with Gasteiger partial charge in [0.1, 0.15) is 5.69 Å². The van der Waals surface area contributed by atoms with Gasteiger partial charge >= 0.3 is 0 Å². The van der Waals surface area contributed by atoms with Gasteiger partial charge in [-0.25, -0.2) is 17.6 Å². The average Bonchev–Trinajstić information content (AvgIpc) is 3.05. The van der Waals surface area contributed by atoms with Crippen LogP contribution in [-0.4, -0.2) is 19.6 Å². The van der Waals surface area contributed by atoms with Crippen LogP contribution in [0.15, 0.2) is 18.5 Å². The first-order valence-corrected chi connectivity index (χ1v) is 7.28. The molecule has 0 unspecified atom stereocenters. The minimum absolute atomic E-state index is 0.0486. The van der Waals surface area contributed by atoms with E-state index >= 15 is 0 Å². The highest BCUT2D eigenvalue weighted by atomic mass is 19.3. The molecule has 8 heteroatoms. The molecule has 0 atom stereocenters. The fourth-order valence-electron chi connectivity index (χ4n) is 2.10. The molecule has 0 aliphatic rings. The molecule has 0 saturated carbocycles. The second-order valence-electron chi connectivity index (χ2n) is 5.68. The Bertz CT molecular complexity index is 580. The van der Waals surface area contributed by atoms with Crippen LogP contribution in [-0.2, 0) is 7.05 Å². The van der Waals surface area contributed by atoms with E-state index in [-0.39, 0.29) is 23.2 Å². The summed E-state index contributed by atoms with van der Waals surface area (Å²) >= 11 is 0. The first-order chi connectivity index (χ1) is 10.6. The van der Waals surface area contributed by atoms with Crippen molar-refractivity contribution in [1.82, 2.24) is 19.6 Å². The molecule has 0 saturated heterocycles. The van der Waals surface area contributed by atoms with Crippen LogP contribution in [0, 0.1) is 0 Å². The third-order valence-electron chi connectivity index (χ3n) is 3.18. The molecule has 2 heterocycles. The first-order valence-electron chi connectivity index (χ1n) is 7.28. The van der Waals surface area contributed by atoms with Crippen molar-refractivity contribution in [3.8, 4) is 0 Å². The molecule has 0 aromatic carbocycles. The lowest BCUT2D eigenvalue weighted by atomic mass is 10.1. The molecule has 2 rings (SSSR count). The van der Waals surface area contributed by atoms with Gasteiger partial charge in [0.15, 0.2) is 0 Å². The van der Waals surface area contributed by atoms with Gasteiger partial charge in [0, 0.05) is 25.0 Å². The van der Waals surface area contributed by atoms with Crippen LogP contribution in [0.5, 0.6) is 0 Å². The summed E-state index contributed by atoms with van der Waals surface area (Å²) in [5, 5.41) is 7.47. The third-order valence-corrected chi connectivity index (χ3v) is 3.18. The van der Waals surface area contributed by atoms with E-state index in [1.54, 1.807) is 13.2 Å². The molecule has 2 aromatic heterocycles. The molecule has 0 aliphatic carbocycles. The van der Waals surface area contributed by atoms with Crippen LogP contribution in [0.2, 0.25) is 0 Å². The Morgan fingerprint density at radius 2 is 1.61 bits per heavy atom. The molecular formula is C15H22F4N4. The van der Waals surface area contributed by atoms with Crippen LogP contribution < -0.4 is 0 Å². The minimum Gasteiger partial charge on any atom is -0.272 e. The summed E-state index contributed by atoms with van der Waals surface area (Å²) in [6, 6.07) is 1.48. The summed E-state index contributed by atoms with van der Waals surface area (Å²) in [7, 11) is 1.68. The van der Waals surface area contributed by atoms with Crippen molar-refractivity contribution >= 4 is 0 Å². The molecule has 130 valence electrons. The van der Waals surface area contributed by atoms with E-state index in [1.165, 1.54) is 21.6 Å². The Morgan fingerprint density at radius 3 is 1.91 bits per heavy atom. The quantitative estimate of drug-likeness (QED) is 0.747. The SMILES string of the molecule is CC(C)c1c(C(F)F)cnn1C.CC(C)n1ccc(C(F)F)n1. The van der Waals surface area contributed by atoms with Crippen LogP contribution in [0.1, 0.15) is 69.5 Å². The zero-order valence-corrected chi connectivity index (χ0v) is 13.8. The highest BCUT2D eigenvalue weighted by molar-refractivity contribution is 5.21. The zero-order chi connectivity index (χ0) is 17.7. The molecule has 0 aliphatic heterocycles. The Labute approximate surface area is 133 Å². The summed E-state index contributed by atoms with van der Waals surface area (Å²) in [6.45, 7) is 7.54. The summed E-state index contributed by atoms with van der Waals surface area (Å²) in [6.07, 6.45) is -2.09. The number of nitrogens with zero attached hydrogens (tertiary/aromatic N) is 4. The molecule has 2 aromatic rings. The van der Waals surface area contributed by atoms with Gasteiger partial charge in [-0.1, -0.05) is 13.8 Å². The largest absolute Gasteiger partial charge is 0.282 e. The van der Waals surface area contributed by atoms with Crippen molar-refractivity contribution in [1.29, 1.82) is 0 Å². The summed E-state index contributed by atoms with van der Waals surface area (Å²) in [5.74, 6) is 0.0847. The van der Waals surface area contributed by atoms with Crippen molar-refractivity contribution in [2.75, 3.05) is 0 Å². The van der Waals surface area contributed by atoms with Gasteiger partial charge in [-0.3, -0.25) is 9.36 Å². The maximum absolute atomic E-state index is 12.3. The fraction of sp³-hybridized carbons (Fsp3) is 0.600. The molecule has 0 fully saturated rings. The third kappa shape index (κ3) is 5.07. The molecular weight excluding hydrogens is 312 g/mol. The van der Waals surface area contributed by atoms with E-state index in [1.807, 2.05) is 27.7 Å². The van der Waals surface area contributed by atoms with Crippen molar-refractivity contribution in [3.63, 3.8) is 0 Å². The van der Waals surface area contributed by atoms with Gasteiger partial charge in [0.25, 0.3) is 12.9 Å². The molecule has 0 spiro atoms. The van der Waals surface area contributed by atoms with E-state index in [9.17, 15) is 17.6 Å². The average molecular weight is 334 g/mol. The first kappa shape index (κ1) is 19.2. The van der Waals surface area contributed by atoms with Gasteiger partial charge in [-0.05, 0) is 25.8 Å². The number of aromatic nitrogens is 4. The summed E-state index contributed by atoms with van der Waals surface area (Å²) < 4.78 is 51.7. The van der Waals surface area contributed by atoms with Gasteiger partial charge in [-0.15, -0.1) is 0 Å².